The molecule has 0 atom stereocenters. The number of likely N-dealkylation sites (tertiary alicyclic amines) is 1. The molecule has 0 unspecified atom stereocenters. The molecule has 1 aliphatic heterocycles. The summed E-state index contributed by atoms with van der Waals surface area (Å²) in [6.45, 7) is 2.84. The summed E-state index contributed by atoms with van der Waals surface area (Å²) in [6.07, 6.45) is 4.58. The lowest BCUT2D eigenvalue weighted by Gasteiger charge is -2.47. The minimum absolute atomic E-state index is 0.288. The molecule has 0 saturated carbocycles. The lowest BCUT2D eigenvalue weighted by Crippen LogP contribution is -2.59. The highest BCUT2D eigenvalue weighted by atomic mass is 15.2. The Balaban J connectivity index is 1.96. The van der Waals surface area contributed by atoms with E-state index in [4.69, 9.17) is 5.73 Å². The summed E-state index contributed by atoms with van der Waals surface area (Å²) in [4.78, 5) is 2.27. The Bertz CT molecular complexity index is 389. The smallest absolute Gasteiger partial charge is 0.0456 e. The van der Waals surface area contributed by atoms with Crippen molar-refractivity contribution >= 4 is 6.08 Å². The molecule has 2 heteroatoms. The molecule has 0 amide bonds. The Labute approximate surface area is 84.0 Å². The number of nitrogens with two attached hydrogens (primary N) is 1. The fourth-order valence-electron chi connectivity index (χ4n) is 2.59. The van der Waals surface area contributed by atoms with E-state index < -0.39 is 0 Å². The molecule has 14 heavy (non-hydrogen) atoms. The van der Waals surface area contributed by atoms with Crippen molar-refractivity contribution < 1.29 is 0 Å². The van der Waals surface area contributed by atoms with Gasteiger partial charge in [0.1, 0.15) is 0 Å². The SMILES string of the molecule is NCN1CC2(C=Cc3ccccc32)C1. The second kappa shape index (κ2) is 2.69. The molecule has 0 radical (unpaired) electrons. The zero-order chi connectivity index (χ0) is 9.60. The zero-order valence-corrected chi connectivity index (χ0v) is 8.11. The monoisotopic (exact) mass is 186 g/mol. The summed E-state index contributed by atoms with van der Waals surface area (Å²) in [7, 11) is 0. The largest absolute Gasteiger partial charge is 0.318 e. The minimum atomic E-state index is 0.288. The van der Waals surface area contributed by atoms with E-state index in [1.165, 1.54) is 11.1 Å². The fourth-order valence-corrected chi connectivity index (χ4v) is 2.59. The Kier molecular flexibility index (Phi) is 1.58. The van der Waals surface area contributed by atoms with E-state index in [-0.39, 0.29) is 5.41 Å². The molecule has 1 spiro atoms. The second-order valence-corrected chi connectivity index (χ2v) is 4.25. The molecule has 1 aliphatic carbocycles. The second-order valence-electron chi connectivity index (χ2n) is 4.25. The summed E-state index contributed by atoms with van der Waals surface area (Å²) in [5, 5.41) is 0. The van der Waals surface area contributed by atoms with Crippen LogP contribution in [-0.2, 0) is 5.41 Å². The molecule has 1 aromatic rings. The van der Waals surface area contributed by atoms with Crippen LogP contribution in [0.25, 0.3) is 6.08 Å². The maximum Gasteiger partial charge on any atom is 0.0456 e. The standard InChI is InChI=1S/C12H14N2/c13-9-14-7-12(8-14)6-5-10-3-1-2-4-11(10)12/h1-6H,7-9,13H2. The average molecular weight is 186 g/mol. The van der Waals surface area contributed by atoms with Gasteiger partial charge in [0.2, 0.25) is 0 Å². The summed E-state index contributed by atoms with van der Waals surface area (Å²) >= 11 is 0. The summed E-state index contributed by atoms with van der Waals surface area (Å²) < 4.78 is 0. The summed E-state index contributed by atoms with van der Waals surface area (Å²) in [5.74, 6) is 0. The molecule has 3 rings (SSSR count). The molecule has 2 nitrogen and oxygen atoms in total. The number of hydrogen-bond acceptors (Lipinski definition) is 2. The fraction of sp³-hybridized carbons (Fsp3) is 0.333. The Morgan fingerprint density at radius 1 is 1.29 bits per heavy atom. The van der Waals surface area contributed by atoms with Gasteiger partial charge in [-0.05, 0) is 11.1 Å². The van der Waals surface area contributed by atoms with E-state index in [0.29, 0.717) is 6.67 Å². The van der Waals surface area contributed by atoms with Crippen LogP contribution >= 0.6 is 0 Å². The predicted octanol–water partition coefficient (Wildman–Crippen LogP) is 1.18. The molecule has 1 saturated heterocycles. The van der Waals surface area contributed by atoms with Crippen LogP contribution in [0.1, 0.15) is 11.1 Å². The summed E-state index contributed by atoms with van der Waals surface area (Å²) in [5.41, 5.74) is 8.75. The van der Waals surface area contributed by atoms with Crippen molar-refractivity contribution in [1.82, 2.24) is 4.90 Å². The minimum Gasteiger partial charge on any atom is -0.318 e. The third kappa shape index (κ3) is 0.925. The third-order valence-electron chi connectivity index (χ3n) is 3.35. The molecular weight excluding hydrogens is 172 g/mol. The molecule has 2 aliphatic rings. The highest BCUT2D eigenvalue weighted by Gasteiger charge is 2.44. The zero-order valence-electron chi connectivity index (χ0n) is 8.11. The van der Waals surface area contributed by atoms with Gasteiger partial charge in [-0.1, -0.05) is 36.4 Å². The van der Waals surface area contributed by atoms with Gasteiger partial charge in [-0.15, -0.1) is 0 Å². The van der Waals surface area contributed by atoms with E-state index >= 15 is 0 Å². The summed E-state index contributed by atoms with van der Waals surface area (Å²) in [6, 6.07) is 8.65. The van der Waals surface area contributed by atoms with Crippen molar-refractivity contribution in [3.05, 3.63) is 41.5 Å². The quantitative estimate of drug-likeness (QED) is 0.713. The normalized spacial score (nSPS) is 22.4. The molecule has 1 aromatic carbocycles. The molecule has 0 bridgehead atoms. The number of fused-ring (bicyclic) bond motifs is 2. The van der Waals surface area contributed by atoms with E-state index in [0.717, 1.165) is 13.1 Å². The first-order chi connectivity index (χ1) is 6.84. The number of nitrogens with zero attached hydrogens (tertiary/aromatic N) is 1. The maximum absolute atomic E-state index is 5.61. The van der Waals surface area contributed by atoms with E-state index in [1.807, 2.05) is 0 Å². The van der Waals surface area contributed by atoms with Gasteiger partial charge in [-0.2, -0.15) is 0 Å². The van der Waals surface area contributed by atoms with E-state index in [9.17, 15) is 0 Å². The van der Waals surface area contributed by atoms with E-state index in [2.05, 4.69) is 41.3 Å². The Morgan fingerprint density at radius 3 is 2.86 bits per heavy atom. The van der Waals surface area contributed by atoms with Crippen molar-refractivity contribution in [2.45, 2.75) is 5.41 Å². The first-order valence-corrected chi connectivity index (χ1v) is 5.05. The Hall–Kier alpha value is -1.12. The van der Waals surface area contributed by atoms with Crippen LogP contribution in [0.5, 0.6) is 0 Å². The van der Waals surface area contributed by atoms with Gasteiger partial charge in [0.15, 0.2) is 0 Å². The lowest BCUT2D eigenvalue weighted by atomic mass is 9.76. The molecule has 72 valence electrons. The van der Waals surface area contributed by atoms with Crippen LogP contribution in [0.3, 0.4) is 0 Å². The Morgan fingerprint density at radius 2 is 2.07 bits per heavy atom. The third-order valence-corrected chi connectivity index (χ3v) is 3.35. The van der Waals surface area contributed by atoms with Crippen LogP contribution in [-0.4, -0.2) is 24.7 Å². The van der Waals surface area contributed by atoms with Gasteiger partial charge >= 0.3 is 0 Å². The van der Waals surface area contributed by atoms with Gasteiger partial charge in [0, 0.05) is 25.2 Å². The predicted molar refractivity (Wildman–Crippen MR) is 57.8 cm³/mol. The van der Waals surface area contributed by atoms with Gasteiger partial charge in [0.05, 0.1) is 0 Å². The maximum atomic E-state index is 5.61. The van der Waals surface area contributed by atoms with Crippen molar-refractivity contribution in [3.8, 4) is 0 Å². The lowest BCUT2D eigenvalue weighted by molar-refractivity contribution is 0.104. The molecule has 2 N–H and O–H groups in total. The topological polar surface area (TPSA) is 29.3 Å². The van der Waals surface area contributed by atoms with Crippen molar-refractivity contribution in [2.75, 3.05) is 19.8 Å². The number of benzene rings is 1. The van der Waals surface area contributed by atoms with Crippen LogP contribution in [0, 0.1) is 0 Å². The molecule has 1 heterocycles. The molecular formula is C12H14N2. The van der Waals surface area contributed by atoms with Crippen molar-refractivity contribution in [3.63, 3.8) is 0 Å². The van der Waals surface area contributed by atoms with Gasteiger partial charge < -0.3 is 5.73 Å². The van der Waals surface area contributed by atoms with Crippen LogP contribution in [0.15, 0.2) is 30.3 Å². The average Bonchev–Trinajstić information content (AvgIpc) is 2.55. The van der Waals surface area contributed by atoms with Crippen LogP contribution in [0.4, 0.5) is 0 Å². The van der Waals surface area contributed by atoms with Crippen molar-refractivity contribution in [2.24, 2.45) is 5.73 Å². The first-order valence-electron chi connectivity index (χ1n) is 5.05. The van der Waals surface area contributed by atoms with Gasteiger partial charge in [-0.3, -0.25) is 4.90 Å². The highest BCUT2D eigenvalue weighted by Crippen LogP contribution is 2.42. The molecule has 1 fully saturated rings. The first kappa shape index (κ1) is 8.21. The number of rotatable bonds is 1. The number of hydrogen-bond donors (Lipinski definition) is 1. The van der Waals surface area contributed by atoms with E-state index in [1.54, 1.807) is 0 Å². The van der Waals surface area contributed by atoms with Gasteiger partial charge in [0.25, 0.3) is 0 Å². The van der Waals surface area contributed by atoms with Gasteiger partial charge in [-0.25, -0.2) is 0 Å². The van der Waals surface area contributed by atoms with Crippen LogP contribution in [0.2, 0.25) is 0 Å². The molecule has 0 aromatic heterocycles. The van der Waals surface area contributed by atoms with Crippen molar-refractivity contribution in [1.29, 1.82) is 0 Å². The van der Waals surface area contributed by atoms with Crippen LogP contribution < -0.4 is 5.73 Å². The highest BCUT2D eigenvalue weighted by molar-refractivity contribution is 5.66.